The Balaban J connectivity index is 2.18. The lowest BCUT2D eigenvalue weighted by Crippen LogP contribution is -2.34. The van der Waals surface area contributed by atoms with Crippen molar-refractivity contribution in [2.24, 2.45) is 5.84 Å². The van der Waals surface area contributed by atoms with Crippen molar-refractivity contribution >= 4 is 15.8 Å². The SMILES string of the molecule is CN(C)C1CCN(S(=O)(=O)c2ccc(NN)nc2)C1. The van der Waals surface area contributed by atoms with Crippen molar-refractivity contribution < 1.29 is 8.42 Å². The fourth-order valence-corrected chi connectivity index (χ4v) is 3.56. The van der Waals surface area contributed by atoms with Crippen molar-refractivity contribution in [1.29, 1.82) is 0 Å². The van der Waals surface area contributed by atoms with E-state index in [0.29, 0.717) is 18.9 Å². The molecule has 0 aliphatic carbocycles. The highest BCUT2D eigenvalue weighted by molar-refractivity contribution is 7.89. The lowest BCUT2D eigenvalue weighted by atomic mass is 10.2. The molecule has 1 fully saturated rings. The fraction of sp³-hybridized carbons (Fsp3) is 0.545. The molecule has 1 unspecified atom stereocenters. The molecule has 1 saturated heterocycles. The molecule has 0 saturated carbocycles. The maximum Gasteiger partial charge on any atom is 0.244 e. The molecule has 1 aromatic rings. The quantitative estimate of drug-likeness (QED) is 0.582. The highest BCUT2D eigenvalue weighted by Gasteiger charge is 2.33. The first-order chi connectivity index (χ1) is 8.95. The van der Waals surface area contributed by atoms with E-state index >= 15 is 0 Å². The second-order valence-electron chi connectivity index (χ2n) is 4.79. The molecule has 1 aliphatic rings. The van der Waals surface area contributed by atoms with Crippen molar-refractivity contribution in [3.8, 4) is 0 Å². The number of pyridine rings is 1. The molecule has 1 atom stereocenters. The van der Waals surface area contributed by atoms with E-state index in [-0.39, 0.29) is 10.9 Å². The van der Waals surface area contributed by atoms with Gasteiger partial charge in [0, 0.05) is 25.3 Å². The number of hydrazine groups is 1. The first kappa shape index (κ1) is 14.2. The molecule has 106 valence electrons. The Morgan fingerprint density at radius 1 is 1.47 bits per heavy atom. The zero-order valence-corrected chi connectivity index (χ0v) is 11.9. The number of nitrogen functional groups attached to an aromatic ring is 1. The number of sulfonamides is 1. The lowest BCUT2D eigenvalue weighted by Gasteiger charge is -2.20. The Bertz CT molecular complexity index is 529. The van der Waals surface area contributed by atoms with Gasteiger partial charge >= 0.3 is 0 Å². The molecule has 8 heteroatoms. The minimum Gasteiger partial charge on any atom is -0.308 e. The second kappa shape index (κ2) is 5.41. The van der Waals surface area contributed by atoms with Gasteiger partial charge in [-0.1, -0.05) is 0 Å². The van der Waals surface area contributed by atoms with Gasteiger partial charge in [-0.15, -0.1) is 0 Å². The van der Waals surface area contributed by atoms with Gasteiger partial charge in [-0.2, -0.15) is 4.31 Å². The number of likely N-dealkylation sites (N-methyl/N-ethyl adjacent to an activating group) is 1. The van der Waals surface area contributed by atoms with Crippen LogP contribution in [0.15, 0.2) is 23.2 Å². The van der Waals surface area contributed by atoms with Crippen molar-refractivity contribution in [3.63, 3.8) is 0 Å². The number of hydrogen-bond acceptors (Lipinski definition) is 6. The van der Waals surface area contributed by atoms with Gasteiger partial charge in [-0.05, 0) is 32.6 Å². The molecule has 7 nitrogen and oxygen atoms in total. The molecule has 1 aliphatic heterocycles. The van der Waals surface area contributed by atoms with Gasteiger partial charge in [-0.3, -0.25) is 0 Å². The van der Waals surface area contributed by atoms with E-state index in [0.717, 1.165) is 6.42 Å². The van der Waals surface area contributed by atoms with Gasteiger partial charge in [0.25, 0.3) is 0 Å². The summed E-state index contributed by atoms with van der Waals surface area (Å²) >= 11 is 0. The first-order valence-electron chi connectivity index (χ1n) is 6.04. The number of nitrogens with zero attached hydrogens (tertiary/aromatic N) is 3. The summed E-state index contributed by atoms with van der Waals surface area (Å²) < 4.78 is 26.3. The molecule has 0 amide bonds. The predicted molar refractivity (Wildman–Crippen MR) is 72.9 cm³/mol. The van der Waals surface area contributed by atoms with Gasteiger partial charge in [0.2, 0.25) is 10.0 Å². The number of nitrogens with one attached hydrogen (secondary N) is 1. The van der Waals surface area contributed by atoms with E-state index in [1.54, 1.807) is 6.07 Å². The topological polar surface area (TPSA) is 91.6 Å². The van der Waals surface area contributed by atoms with Crippen LogP contribution in [0.2, 0.25) is 0 Å². The highest BCUT2D eigenvalue weighted by atomic mass is 32.2. The van der Waals surface area contributed by atoms with Gasteiger partial charge < -0.3 is 10.3 Å². The maximum atomic E-state index is 12.4. The third kappa shape index (κ3) is 2.86. The van der Waals surface area contributed by atoms with Crippen LogP contribution in [-0.4, -0.2) is 55.8 Å². The minimum atomic E-state index is -3.45. The molecular weight excluding hydrogens is 266 g/mol. The number of rotatable bonds is 4. The maximum absolute atomic E-state index is 12.4. The standard InChI is InChI=1S/C11H19N5O2S/c1-15(2)9-5-6-16(8-9)19(17,18)10-3-4-11(14-12)13-7-10/h3-4,7,9H,5-6,8,12H2,1-2H3,(H,13,14). The summed E-state index contributed by atoms with van der Waals surface area (Å²) in [6.07, 6.45) is 2.18. The van der Waals surface area contributed by atoms with E-state index in [1.807, 2.05) is 14.1 Å². The van der Waals surface area contributed by atoms with Crippen LogP contribution in [0.25, 0.3) is 0 Å². The average molecular weight is 285 g/mol. The van der Waals surface area contributed by atoms with Crippen LogP contribution >= 0.6 is 0 Å². The van der Waals surface area contributed by atoms with Gasteiger partial charge in [-0.25, -0.2) is 19.2 Å². The van der Waals surface area contributed by atoms with Crippen molar-refractivity contribution in [1.82, 2.24) is 14.2 Å². The normalized spacial score (nSPS) is 20.9. The lowest BCUT2D eigenvalue weighted by molar-refractivity contribution is 0.302. The van der Waals surface area contributed by atoms with Crippen LogP contribution in [0.4, 0.5) is 5.82 Å². The Morgan fingerprint density at radius 3 is 2.68 bits per heavy atom. The average Bonchev–Trinajstić information content (AvgIpc) is 2.89. The molecule has 0 radical (unpaired) electrons. The second-order valence-corrected chi connectivity index (χ2v) is 6.73. The Kier molecular flexibility index (Phi) is 4.04. The summed E-state index contributed by atoms with van der Waals surface area (Å²) in [5.41, 5.74) is 2.37. The smallest absolute Gasteiger partial charge is 0.244 e. The fourth-order valence-electron chi connectivity index (χ4n) is 2.12. The zero-order chi connectivity index (χ0) is 14.0. The molecule has 2 heterocycles. The summed E-state index contributed by atoms with van der Waals surface area (Å²) in [4.78, 5) is 6.19. The van der Waals surface area contributed by atoms with Crippen molar-refractivity contribution in [2.45, 2.75) is 17.4 Å². The molecule has 0 bridgehead atoms. The molecule has 1 aromatic heterocycles. The van der Waals surface area contributed by atoms with E-state index in [2.05, 4.69) is 15.3 Å². The molecule has 3 N–H and O–H groups in total. The predicted octanol–water partition coefficient (Wildman–Crippen LogP) is -0.308. The van der Waals surface area contributed by atoms with Crippen LogP contribution in [0.5, 0.6) is 0 Å². The zero-order valence-electron chi connectivity index (χ0n) is 11.1. The van der Waals surface area contributed by atoms with Crippen LogP contribution in [0, 0.1) is 0 Å². The third-order valence-electron chi connectivity index (χ3n) is 3.38. The van der Waals surface area contributed by atoms with Crippen LogP contribution in [0.1, 0.15) is 6.42 Å². The summed E-state index contributed by atoms with van der Waals surface area (Å²) in [6, 6.07) is 3.33. The molecule has 0 aromatic carbocycles. The van der Waals surface area contributed by atoms with Gasteiger partial charge in [0.15, 0.2) is 0 Å². The number of anilines is 1. The molecule has 2 rings (SSSR count). The van der Waals surface area contributed by atoms with Crippen molar-refractivity contribution in [3.05, 3.63) is 18.3 Å². The number of nitrogens with two attached hydrogens (primary N) is 1. The summed E-state index contributed by atoms with van der Waals surface area (Å²) in [6.45, 7) is 1.06. The van der Waals surface area contributed by atoms with Crippen molar-refractivity contribution in [2.75, 3.05) is 32.6 Å². The first-order valence-corrected chi connectivity index (χ1v) is 7.48. The Hall–Kier alpha value is -1.22. The van der Waals surface area contributed by atoms with Crippen LogP contribution in [0.3, 0.4) is 0 Å². The Morgan fingerprint density at radius 2 is 2.21 bits per heavy atom. The van der Waals surface area contributed by atoms with Crippen LogP contribution < -0.4 is 11.3 Å². The summed E-state index contributed by atoms with van der Waals surface area (Å²) in [5, 5.41) is 0. The number of hydrogen-bond donors (Lipinski definition) is 2. The van der Waals surface area contributed by atoms with E-state index in [1.165, 1.54) is 16.6 Å². The largest absolute Gasteiger partial charge is 0.308 e. The van der Waals surface area contributed by atoms with E-state index in [4.69, 9.17) is 5.84 Å². The monoisotopic (exact) mass is 285 g/mol. The molecule has 0 spiro atoms. The van der Waals surface area contributed by atoms with Gasteiger partial charge in [0.1, 0.15) is 10.7 Å². The van der Waals surface area contributed by atoms with Crippen LogP contribution in [-0.2, 0) is 10.0 Å². The highest BCUT2D eigenvalue weighted by Crippen LogP contribution is 2.22. The molecule has 19 heavy (non-hydrogen) atoms. The third-order valence-corrected chi connectivity index (χ3v) is 5.23. The van der Waals surface area contributed by atoms with E-state index < -0.39 is 10.0 Å². The minimum absolute atomic E-state index is 0.200. The summed E-state index contributed by atoms with van der Waals surface area (Å²) in [5.74, 6) is 5.64. The molecular formula is C11H19N5O2S. The van der Waals surface area contributed by atoms with Gasteiger partial charge in [0.05, 0.1) is 0 Å². The Labute approximate surface area is 113 Å². The number of aromatic nitrogens is 1. The van der Waals surface area contributed by atoms with E-state index in [9.17, 15) is 8.42 Å². The summed E-state index contributed by atoms with van der Waals surface area (Å²) in [7, 11) is 0.470.